The molecule has 1 aromatic carbocycles. The average Bonchev–Trinajstić information content (AvgIpc) is 2.38. The van der Waals surface area contributed by atoms with Crippen molar-refractivity contribution in [1.29, 1.82) is 0 Å². The third kappa shape index (κ3) is 5.77. The van der Waals surface area contributed by atoms with Crippen LogP contribution in [0.4, 0.5) is 0 Å². The van der Waals surface area contributed by atoms with E-state index < -0.39 is 5.97 Å². The lowest BCUT2D eigenvalue weighted by Gasteiger charge is -2.05. The summed E-state index contributed by atoms with van der Waals surface area (Å²) in [6.07, 6.45) is 0.882. The zero-order valence-electron chi connectivity index (χ0n) is 10.3. The number of carboxylic acid groups (broad SMARTS) is 1. The van der Waals surface area contributed by atoms with E-state index in [2.05, 4.69) is 5.32 Å². The van der Waals surface area contributed by atoms with Crippen molar-refractivity contribution in [3.63, 3.8) is 0 Å². The van der Waals surface area contributed by atoms with Crippen LogP contribution in [0.3, 0.4) is 0 Å². The molecule has 0 aliphatic heterocycles. The van der Waals surface area contributed by atoms with E-state index in [9.17, 15) is 4.79 Å². The molecule has 1 aromatic rings. The molecule has 5 heteroatoms. The van der Waals surface area contributed by atoms with Gasteiger partial charge in [0.2, 0.25) is 0 Å². The number of ether oxygens (including phenoxy) is 1. The summed E-state index contributed by atoms with van der Waals surface area (Å²) in [5.41, 5.74) is 1.35. The Kier molecular flexibility index (Phi) is 7.01. The third-order valence-electron chi connectivity index (χ3n) is 2.41. The highest BCUT2D eigenvalue weighted by atomic mass is 16.5. The minimum atomic E-state index is -0.907. The Balaban J connectivity index is 2.14. The normalized spacial score (nSPS) is 10.5. The summed E-state index contributed by atoms with van der Waals surface area (Å²) in [5.74, 6) is -0.907. The van der Waals surface area contributed by atoms with Crippen LogP contribution in [-0.4, -0.2) is 42.5 Å². The van der Waals surface area contributed by atoms with E-state index in [-0.39, 0.29) is 6.61 Å². The Hall–Kier alpha value is -1.43. The molecule has 0 aromatic heterocycles. The molecular weight excluding hydrogens is 234 g/mol. The van der Waals surface area contributed by atoms with Crippen LogP contribution < -0.4 is 5.32 Å². The van der Waals surface area contributed by atoms with E-state index in [0.717, 1.165) is 18.5 Å². The van der Waals surface area contributed by atoms with Crippen molar-refractivity contribution in [3.05, 3.63) is 35.4 Å². The van der Waals surface area contributed by atoms with Gasteiger partial charge in [0.25, 0.3) is 0 Å². The first-order valence-electron chi connectivity index (χ1n) is 5.95. The van der Waals surface area contributed by atoms with Gasteiger partial charge in [0, 0.05) is 13.2 Å². The van der Waals surface area contributed by atoms with Crippen LogP contribution >= 0.6 is 0 Å². The molecule has 100 valence electrons. The van der Waals surface area contributed by atoms with Gasteiger partial charge in [-0.3, -0.25) is 0 Å². The molecule has 0 amide bonds. The largest absolute Gasteiger partial charge is 0.478 e. The van der Waals surface area contributed by atoms with Crippen molar-refractivity contribution in [2.75, 3.05) is 26.4 Å². The zero-order valence-corrected chi connectivity index (χ0v) is 10.3. The summed E-state index contributed by atoms with van der Waals surface area (Å²) in [6, 6.07) is 6.81. The molecule has 0 aliphatic carbocycles. The quantitative estimate of drug-likeness (QED) is 0.569. The summed E-state index contributed by atoms with van der Waals surface area (Å²) >= 11 is 0. The predicted octanol–water partition coefficient (Wildman–Crippen LogP) is 0.873. The maximum Gasteiger partial charge on any atom is 0.335 e. The van der Waals surface area contributed by atoms with Gasteiger partial charge in [-0.25, -0.2) is 4.79 Å². The molecule has 0 spiro atoms. The number of aliphatic hydroxyl groups is 1. The number of aliphatic hydroxyl groups excluding tert-OH is 1. The van der Waals surface area contributed by atoms with Crippen molar-refractivity contribution in [2.24, 2.45) is 0 Å². The van der Waals surface area contributed by atoms with Crippen molar-refractivity contribution in [2.45, 2.75) is 13.0 Å². The van der Waals surface area contributed by atoms with Gasteiger partial charge < -0.3 is 20.3 Å². The van der Waals surface area contributed by atoms with Gasteiger partial charge in [0.05, 0.1) is 18.8 Å². The van der Waals surface area contributed by atoms with Crippen molar-refractivity contribution in [3.8, 4) is 0 Å². The second-order valence-corrected chi connectivity index (χ2v) is 3.87. The van der Waals surface area contributed by atoms with Crippen molar-refractivity contribution >= 4 is 5.97 Å². The number of nitrogens with one attached hydrogen (secondary N) is 1. The molecule has 1 rings (SSSR count). The monoisotopic (exact) mass is 253 g/mol. The fourth-order valence-corrected chi connectivity index (χ4v) is 1.46. The lowest BCUT2D eigenvalue weighted by atomic mass is 10.1. The van der Waals surface area contributed by atoms with Crippen LogP contribution in [0.25, 0.3) is 0 Å². The molecule has 0 aliphatic rings. The van der Waals surface area contributed by atoms with Gasteiger partial charge in [0.1, 0.15) is 0 Å². The molecule has 0 heterocycles. The first-order valence-corrected chi connectivity index (χ1v) is 5.95. The minimum absolute atomic E-state index is 0.0589. The summed E-state index contributed by atoms with van der Waals surface area (Å²) in [7, 11) is 0. The number of benzene rings is 1. The van der Waals surface area contributed by atoms with E-state index in [0.29, 0.717) is 25.3 Å². The van der Waals surface area contributed by atoms with Gasteiger partial charge in [-0.05, 0) is 30.7 Å². The summed E-state index contributed by atoms with van der Waals surface area (Å²) in [5, 5.41) is 20.5. The van der Waals surface area contributed by atoms with Gasteiger partial charge in [-0.15, -0.1) is 0 Å². The molecule has 0 saturated heterocycles. The molecule has 0 radical (unpaired) electrons. The smallest absolute Gasteiger partial charge is 0.335 e. The highest BCUT2D eigenvalue weighted by molar-refractivity contribution is 5.87. The Labute approximate surface area is 106 Å². The molecule has 0 unspecified atom stereocenters. The summed E-state index contributed by atoms with van der Waals surface area (Å²) in [6.45, 7) is 2.61. The Bertz CT molecular complexity index is 351. The van der Waals surface area contributed by atoms with Crippen LogP contribution in [0.5, 0.6) is 0 Å². The van der Waals surface area contributed by atoms with Gasteiger partial charge >= 0.3 is 5.97 Å². The maximum atomic E-state index is 10.7. The molecule has 3 N–H and O–H groups in total. The lowest BCUT2D eigenvalue weighted by molar-refractivity contribution is 0.0697. The predicted molar refractivity (Wildman–Crippen MR) is 67.6 cm³/mol. The van der Waals surface area contributed by atoms with E-state index in [1.807, 2.05) is 0 Å². The van der Waals surface area contributed by atoms with Crippen molar-refractivity contribution < 1.29 is 19.7 Å². The number of carbonyl (C=O) groups is 1. The number of hydrogen-bond donors (Lipinski definition) is 3. The van der Waals surface area contributed by atoms with Gasteiger partial charge in [-0.2, -0.15) is 0 Å². The third-order valence-corrected chi connectivity index (χ3v) is 2.41. The highest BCUT2D eigenvalue weighted by Crippen LogP contribution is 2.04. The average molecular weight is 253 g/mol. The fourth-order valence-electron chi connectivity index (χ4n) is 1.46. The topological polar surface area (TPSA) is 78.8 Å². The van der Waals surface area contributed by atoms with Crippen LogP contribution in [-0.2, 0) is 11.3 Å². The number of aromatic carboxylic acids is 1. The van der Waals surface area contributed by atoms with E-state index >= 15 is 0 Å². The molecule has 18 heavy (non-hydrogen) atoms. The Morgan fingerprint density at radius 3 is 2.56 bits per heavy atom. The fraction of sp³-hybridized carbons (Fsp3) is 0.462. The number of carboxylic acids is 1. The molecule has 0 atom stereocenters. The van der Waals surface area contributed by atoms with Crippen LogP contribution in [0.1, 0.15) is 22.3 Å². The Morgan fingerprint density at radius 2 is 1.94 bits per heavy atom. The van der Waals surface area contributed by atoms with Gasteiger partial charge in [-0.1, -0.05) is 12.1 Å². The van der Waals surface area contributed by atoms with E-state index in [1.54, 1.807) is 24.3 Å². The van der Waals surface area contributed by atoms with Crippen molar-refractivity contribution in [1.82, 2.24) is 5.32 Å². The zero-order chi connectivity index (χ0) is 13.2. The SMILES string of the molecule is O=C(O)c1ccc(CNCCCOCCO)cc1. The van der Waals surface area contributed by atoms with Crippen LogP contribution in [0.15, 0.2) is 24.3 Å². The summed E-state index contributed by atoms with van der Waals surface area (Å²) < 4.78 is 5.12. The van der Waals surface area contributed by atoms with E-state index in [1.165, 1.54) is 0 Å². The highest BCUT2D eigenvalue weighted by Gasteiger charge is 2.01. The van der Waals surface area contributed by atoms with Crippen LogP contribution in [0.2, 0.25) is 0 Å². The van der Waals surface area contributed by atoms with Crippen LogP contribution in [0, 0.1) is 0 Å². The first-order chi connectivity index (χ1) is 8.74. The lowest BCUT2D eigenvalue weighted by Crippen LogP contribution is -2.16. The molecule has 0 fully saturated rings. The Morgan fingerprint density at radius 1 is 1.22 bits per heavy atom. The molecule has 5 nitrogen and oxygen atoms in total. The molecule has 0 bridgehead atoms. The standard InChI is InChI=1S/C13H19NO4/c15-7-9-18-8-1-6-14-10-11-2-4-12(5-3-11)13(16)17/h2-5,14-15H,1,6-10H2,(H,16,17). The number of rotatable bonds is 9. The number of hydrogen-bond acceptors (Lipinski definition) is 4. The first kappa shape index (κ1) is 14.6. The minimum Gasteiger partial charge on any atom is -0.478 e. The summed E-state index contributed by atoms with van der Waals surface area (Å²) in [4.78, 5) is 10.7. The second kappa shape index (κ2) is 8.63. The second-order valence-electron chi connectivity index (χ2n) is 3.87. The van der Waals surface area contributed by atoms with E-state index in [4.69, 9.17) is 14.9 Å². The molecule has 0 saturated carbocycles. The molecular formula is C13H19NO4. The maximum absolute atomic E-state index is 10.7. The van der Waals surface area contributed by atoms with Gasteiger partial charge in [0.15, 0.2) is 0 Å².